The number of rotatable bonds is 2. The van der Waals surface area contributed by atoms with E-state index >= 15 is 0 Å². The smallest absolute Gasteiger partial charge is 0.000239 e. The van der Waals surface area contributed by atoms with Crippen LogP contribution in [0.5, 0.6) is 0 Å². The van der Waals surface area contributed by atoms with E-state index in [4.69, 9.17) is 0 Å². The van der Waals surface area contributed by atoms with Gasteiger partial charge in [-0.15, -0.1) is 25.3 Å². The van der Waals surface area contributed by atoms with Crippen LogP contribution in [0.1, 0.15) is 6.92 Å². The van der Waals surface area contributed by atoms with Crippen molar-refractivity contribution >= 4 is 25.3 Å². The fourth-order valence-corrected chi connectivity index (χ4v) is 0.427. The Morgan fingerprint density at radius 2 is 1.89 bits per heavy atom. The molecule has 0 N–H and O–H groups in total. The molecule has 0 aromatic carbocycles. The van der Waals surface area contributed by atoms with Crippen LogP contribution >= 0.6 is 25.3 Å². The molecule has 0 fully saturated rings. The first-order valence-electron chi connectivity index (χ1n) is 2.58. The molecule has 0 unspecified atom stereocenters. The summed E-state index contributed by atoms with van der Waals surface area (Å²) in [5.41, 5.74) is 0. The lowest BCUT2D eigenvalue weighted by molar-refractivity contribution is 1.70. The average Bonchev–Trinajstić information content (AvgIpc) is 1.83. The zero-order valence-corrected chi connectivity index (χ0v) is 7.12. The maximum absolute atomic E-state index is 4.10. The van der Waals surface area contributed by atoms with E-state index < -0.39 is 0 Å². The van der Waals surface area contributed by atoms with Crippen molar-refractivity contribution in [1.29, 1.82) is 0 Å². The molecule has 0 saturated carbocycles. The van der Waals surface area contributed by atoms with Gasteiger partial charge in [-0.1, -0.05) is 12.7 Å². The summed E-state index contributed by atoms with van der Waals surface area (Å²) in [4.78, 5) is 1.66. The van der Waals surface area contributed by atoms with Crippen molar-refractivity contribution in [3.8, 4) is 0 Å². The summed E-state index contributed by atoms with van der Waals surface area (Å²) in [6.07, 6.45) is 5.54. The molecule has 0 spiro atoms. The lowest BCUT2D eigenvalue weighted by atomic mass is 10.4. The second-order valence-corrected chi connectivity index (χ2v) is 2.63. The molecule has 0 nitrogen and oxygen atoms in total. The third-order valence-electron chi connectivity index (χ3n) is 0.742. The molecule has 0 saturated heterocycles. The second-order valence-electron chi connectivity index (χ2n) is 1.54. The third kappa shape index (κ3) is 5.80. The van der Waals surface area contributed by atoms with Gasteiger partial charge in [-0.25, -0.2) is 0 Å². The minimum absolute atomic E-state index is 0.739. The molecule has 0 rings (SSSR count). The Labute approximate surface area is 67.2 Å². The predicted molar refractivity (Wildman–Crippen MR) is 50.0 cm³/mol. The largest absolute Gasteiger partial charge is 0.144 e. The summed E-state index contributed by atoms with van der Waals surface area (Å²) >= 11 is 8.07. The maximum atomic E-state index is 4.10. The normalized spacial score (nSPS) is 12.6. The van der Waals surface area contributed by atoms with Gasteiger partial charge in [0.25, 0.3) is 0 Å². The van der Waals surface area contributed by atoms with Gasteiger partial charge in [-0.05, 0) is 28.9 Å². The first-order chi connectivity index (χ1) is 4.16. The van der Waals surface area contributed by atoms with E-state index in [2.05, 4.69) is 31.8 Å². The van der Waals surface area contributed by atoms with Crippen molar-refractivity contribution in [2.45, 2.75) is 6.92 Å². The number of allylic oxidation sites excluding steroid dienone is 3. The molecule has 0 bridgehead atoms. The molecule has 0 aliphatic carbocycles. The monoisotopic (exact) mass is 158 g/mol. The van der Waals surface area contributed by atoms with Crippen LogP contribution in [-0.4, -0.2) is 0 Å². The number of thiol groups is 2. The minimum Gasteiger partial charge on any atom is -0.144 e. The van der Waals surface area contributed by atoms with Crippen LogP contribution in [0.3, 0.4) is 0 Å². The fraction of sp³-hybridized carbons (Fsp3) is 0.143. The Morgan fingerprint density at radius 3 is 2.22 bits per heavy atom. The van der Waals surface area contributed by atoms with E-state index in [1.54, 1.807) is 6.08 Å². The maximum Gasteiger partial charge on any atom is -0.000239 e. The van der Waals surface area contributed by atoms with Gasteiger partial charge in [0, 0.05) is 0 Å². The van der Waals surface area contributed by atoms with Crippen LogP contribution in [0.2, 0.25) is 0 Å². The van der Waals surface area contributed by atoms with Crippen LogP contribution in [0.15, 0.2) is 34.6 Å². The van der Waals surface area contributed by atoms with Crippen LogP contribution < -0.4 is 0 Å². The van der Waals surface area contributed by atoms with E-state index in [1.165, 1.54) is 0 Å². The molecule has 0 amide bonds. The quantitative estimate of drug-likeness (QED) is 0.448. The van der Waals surface area contributed by atoms with E-state index in [0.717, 1.165) is 9.81 Å². The highest BCUT2D eigenvalue weighted by molar-refractivity contribution is 7.85. The van der Waals surface area contributed by atoms with Crippen LogP contribution in [0.25, 0.3) is 0 Å². The minimum atomic E-state index is 0.739. The van der Waals surface area contributed by atoms with Gasteiger partial charge in [0.15, 0.2) is 0 Å². The van der Waals surface area contributed by atoms with Crippen molar-refractivity contribution in [3.63, 3.8) is 0 Å². The third-order valence-corrected chi connectivity index (χ3v) is 1.30. The molecule has 0 heterocycles. The molecular formula is C7H10S2. The summed E-state index contributed by atoms with van der Waals surface area (Å²) in [7, 11) is 0. The summed E-state index contributed by atoms with van der Waals surface area (Å²) in [6, 6.07) is 0. The van der Waals surface area contributed by atoms with Crippen molar-refractivity contribution < 1.29 is 0 Å². The van der Waals surface area contributed by atoms with Gasteiger partial charge in [0.05, 0.1) is 0 Å². The Morgan fingerprint density at radius 1 is 1.33 bits per heavy atom. The van der Waals surface area contributed by atoms with E-state index in [-0.39, 0.29) is 0 Å². The zero-order valence-electron chi connectivity index (χ0n) is 5.33. The van der Waals surface area contributed by atoms with Crippen molar-refractivity contribution in [1.82, 2.24) is 0 Å². The molecule has 0 aromatic rings. The fourth-order valence-electron chi connectivity index (χ4n) is 0.278. The molecule has 0 aromatic heterocycles. The van der Waals surface area contributed by atoms with Gasteiger partial charge in [0.1, 0.15) is 0 Å². The van der Waals surface area contributed by atoms with Crippen LogP contribution in [0.4, 0.5) is 0 Å². The molecule has 0 radical (unpaired) electrons. The Balaban J connectivity index is 3.86. The Hall–Kier alpha value is -0.0800. The van der Waals surface area contributed by atoms with Gasteiger partial charge >= 0.3 is 0 Å². The van der Waals surface area contributed by atoms with Crippen molar-refractivity contribution in [2.24, 2.45) is 0 Å². The standard InChI is InChI=1S/C7H10S2/c1-3-7(9)5-4-6(2)8/h3-5,8-9H,2H2,1H3/b5-4-,7-3+. The molecule has 0 atom stereocenters. The van der Waals surface area contributed by atoms with Crippen LogP contribution in [0, 0.1) is 0 Å². The summed E-state index contributed by atoms with van der Waals surface area (Å²) in [5.74, 6) is 0. The van der Waals surface area contributed by atoms with Crippen molar-refractivity contribution in [2.75, 3.05) is 0 Å². The van der Waals surface area contributed by atoms with Gasteiger partial charge < -0.3 is 0 Å². The molecule has 2 heteroatoms. The average molecular weight is 158 g/mol. The molecule has 0 aliphatic rings. The van der Waals surface area contributed by atoms with Gasteiger partial charge in [0.2, 0.25) is 0 Å². The molecule has 0 aliphatic heterocycles. The van der Waals surface area contributed by atoms with Gasteiger partial charge in [-0.3, -0.25) is 0 Å². The SMILES string of the molecule is C=C(S)/C=C\C(S)=C/C. The van der Waals surface area contributed by atoms with Crippen molar-refractivity contribution in [3.05, 3.63) is 34.6 Å². The Kier molecular flexibility index (Phi) is 4.72. The van der Waals surface area contributed by atoms with E-state index in [9.17, 15) is 0 Å². The van der Waals surface area contributed by atoms with Gasteiger partial charge in [-0.2, -0.15) is 0 Å². The second kappa shape index (κ2) is 4.77. The molecule has 9 heavy (non-hydrogen) atoms. The highest BCUT2D eigenvalue weighted by Gasteiger charge is 1.77. The first kappa shape index (κ1) is 8.92. The lowest BCUT2D eigenvalue weighted by Gasteiger charge is -1.85. The highest BCUT2D eigenvalue weighted by atomic mass is 32.1. The highest BCUT2D eigenvalue weighted by Crippen LogP contribution is 2.05. The first-order valence-corrected chi connectivity index (χ1v) is 3.47. The summed E-state index contributed by atoms with van der Waals surface area (Å²) in [5, 5.41) is 0. The van der Waals surface area contributed by atoms with E-state index in [1.807, 2.05) is 19.1 Å². The number of hydrogen-bond acceptors (Lipinski definition) is 2. The Bertz CT molecular complexity index is 154. The topological polar surface area (TPSA) is 0 Å². The molecule has 50 valence electrons. The van der Waals surface area contributed by atoms with E-state index in [0.29, 0.717) is 0 Å². The summed E-state index contributed by atoms with van der Waals surface area (Å²) in [6.45, 7) is 5.50. The predicted octanol–water partition coefficient (Wildman–Crippen LogP) is 2.82. The molecular weight excluding hydrogens is 148 g/mol. The summed E-state index contributed by atoms with van der Waals surface area (Å²) < 4.78 is 0. The van der Waals surface area contributed by atoms with Crippen LogP contribution in [-0.2, 0) is 0 Å². The lowest BCUT2D eigenvalue weighted by Crippen LogP contribution is -1.60. The zero-order chi connectivity index (χ0) is 7.28. The number of hydrogen-bond donors (Lipinski definition) is 2.